The van der Waals surface area contributed by atoms with E-state index < -0.39 is 19.7 Å². The first kappa shape index (κ1) is 13.2. The van der Waals surface area contributed by atoms with Crippen molar-refractivity contribution in [3.63, 3.8) is 0 Å². The second-order valence-corrected chi connectivity index (χ2v) is 5.91. The number of rotatable bonds is 3. The molecule has 8 heteroatoms. The van der Waals surface area contributed by atoms with Crippen molar-refractivity contribution in [2.24, 2.45) is 0 Å². The Labute approximate surface area is 102 Å². The van der Waals surface area contributed by atoms with E-state index in [0.29, 0.717) is 12.0 Å². The van der Waals surface area contributed by atoms with Crippen molar-refractivity contribution in [2.75, 3.05) is 0 Å². The summed E-state index contributed by atoms with van der Waals surface area (Å²) in [4.78, 5) is 9.59. The van der Waals surface area contributed by atoms with Gasteiger partial charge in [-0.2, -0.15) is 0 Å². The number of hydrogen-bond donors (Lipinski definition) is 0. The van der Waals surface area contributed by atoms with Crippen molar-refractivity contribution in [1.82, 2.24) is 0 Å². The number of hydrogen-bond acceptors (Lipinski definition) is 4. The van der Waals surface area contributed by atoms with E-state index in [2.05, 4.69) is 0 Å². The number of benzene rings is 1. The summed E-state index contributed by atoms with van der Waals surface area (Å²) in [5.74, 6) is 0. The summed E-state index contributed by atoms with van der Waals surface area (Å²) in [5, 5.41) is 10.6. The molecular weight excluding hydrogens is 277 g/mol. The maximum atomic E-state index is 11.1. The summed E-state index contributed by atoms with van der Waals surface area (Å²) in [5.41, 5.74) is -0.0877. The Balaban J connectivity index is 3.59. The molecule has 0 aliphatic rings. The molecule has 0 aliphatic carbocycles. The molecule has 0 unspecified atom stereocenters. The molecular formula is C8H7Cl2NO4S. The zero-order chi connectivity index (χ0) is 12.5. The monoisotopic (exact) mass is 283 g/mol. The number of halogens is 2. The third-order valence-corrected chi connectivity index (χ3v) is 3.73. The van der Waals surface area contributed by atoms with Crippen LogP contribution in [0.2, 0.25) is 5.02 Å². The fraction of sp³-hybridized carbons (Fsp3) is 0.250. The van der Waals surface area contributed by atoms with Crippen molar-refractivity contribution in [1.29, 1.82) is 0 Å². The van der Waals surface area contributed by atoms with E-state index in [0.717, 1.165) is 6.07 Å². The fourth-order valence-corrected chi connectivity index (χ4v) is 2.28. The average molecular weight is 284 g/mol. The summed E-state index contributed by atoms with van der Waals surface area (Å²) < 4.78 is 22.2. The first-order valence-corrected chi connectivity index (χ1v) is 6.87. The molecule has 0 fully saturated rings. The van der Waals surface area contributed by atoms with Crippen LogP contribution in [-0.2, 0) is 15.5 Å². The molecule has 0 amide bonds. The molecule has 0 heterocycles. The van der Waals surface area contributed by atoms with Gasteiger partial charge in [0, 0.05) is 16.7 Å². The lowest BCUT2D eigenvalue weighted by molar-refractivity contribution is -0.385. The van der Waals surface area contributed by atoms with Gasteiger partial charge in [-0.3, -0.25) is 10.1 Å². The maximum Gasteiger partial charge on any atom is 0.289 e. The van der Waals surface area contributed by atoms with Gasteiger partial charge in [0.25, 0.3) is 14.7 Å². The standard InChI is InChI=1S/C8H7Cl2NO4S/c1-2-5-3-6(16(10,14)15)4-7(8(5)9)11(12)13/h3-4H,2H2,1H3. The average Bonchev–Trinajstić information content (AvgIpc) is 2.15. The highest BCUT2D eigenvalue weighted by molar-refractivity contribution is 8.13. The molecule has 0 spiro atoms. The molecule has 5 nitrogen and oxygen atoms in total. The fourth-order valence-electron chi connectivity index (χ4n) is 1.17. The largest absolute Gasteiger partial charge is 0.289 e. The molecule has 0 radical (unpaired) electrons. The quantitative estimate of drug-likeness (QED) is 0.485. The van der Waals surface area contributed by atoms with Crippen LogP contribution in [0.25, 0.3) is 0 Å². The second kappa shape index (κ2) is 4.57. The molecule has 0 atom stereocenters. The highest BCUT2D eigenvalue weighted by Gasteiger charge is 2.22. The van der Waals surface area contributed by atoms with Crippen molar-refractivity contribution >= 4 is 37.0 Å². The predicted molar refractivity (Wildman–Crippen MR) is 60.5 cm³/mol. The van der Waals surface area contributed by atoms with Crippen LogP contribution >= 0.6 is 22.3 Å². The Hall–Kier alpha value is -0.850. The van der Waals surface area contributed by atoms with Gasteiger partial charge >= 0.3 is 0 Å². The van der Waals surface area contributed by atoms with Crippen LogP contribution in [0.1, 0.15) is 12.5 Å². The van der Waals surface area contributed by atoms with Gasteiger partial charge in [-0.15, -0.1) is 0 Å². The van der Waals surface area contributed by atoms with E-state index in [1.54, 1.807) is 6.92 Å². The van der Waals surface area contributed by atoms with Crippen LogP contribution < -0.4 is 0 Å². The minimum Gasteiger partial charge on any atom is -0.258 e. The topological polar surface area (TPSA) is 77.3 Å². The van der Waals surface area contributed by atoms with Gasteiger partial charge in [0.2, 0.25) is 0 Å². The molecule has 1 rings (SSSR count). The molecule has 1 aromatic carbocycles. The van der Waals surface area contributed by atoms with Crippen LogP contribution in [0, 0.1) is 10.1 Å². The Kier molecular flexibility index (Phi) is 3.77. The number of aryl methyl sites for hydroxylation is 1. The maximum absolute atomic E-state index is 11.1. The van der Waals surface area contributed by atoms with Gasteiger partial charge < -0.3 is 0 Å². The minimum atomic E-state index is -4.00. The van der Waals surface area contributed by atoms with Gasteiger partial charge in [0.15, 0.2) is 0 Å². The van der Waals surface area contributed by atoms with Gasteiger partial charge in [0.05, 0.1) is 9.82 Å². The Morgan fingerprint density at radius 2 is 2.00 bits per heavy atom. The van der Waals surface area contributed by atoms with Crippen molar-refractivity contribution in [3.05, 3.63) is 32.8 Å². The minimum absolute atomic E-state index is 0.0587. The highest BCUT2D eigenvalue weighted by Crippen LogP contribution is 2.32. The third-order valence-electron chi connectivity index (χ3n) is 1.96. The molecule has 88 valence electrons. The number of nitro benzene ring substituents is 1. The van der Waals surface area contributed by atoms with Gasteiger partial charge in [0.1, 0.15) is 5.02 Å². The molecule has 16 heavy (non-hydrogen) atoms. The second-order valence-electron chi connectivity index (χ2n) is 2.96. The first-order valence-electron chi connectivity index (χ1n) is 4.18. The predicted octanol–water partition coefficient (Wildman–Crippen LogP) is 2.74. The molecule has 0 aliphatic heterocycles. The first-order chi connectivity index (χ1) is 7.27. The summed E-state index contributed by atoms with van der Waals surface area (Å²) >= 11 is 5.75. The van der Waals surface area contributed by atoms with E-state index in [9.17, 15) is 18.5 Å². The van der Waals surface area contributed by atoms with E-state index in [1.807, 2.05) is 0 Å². The molecule has 0 N–H and O–H groups in total. The van der Waals surface area contributed by atoms with Crippen LogP contribution in [0.15, 0.2) is 17.0 Å². The number of nitrogens with zero attached hydrogens (tertiary/aromatic N) is 1. The van der Waals surface area contributed by atoms with Crippen molar-refractivity contribution in [3.8, 4) is 0 Å². The summed E-state index contributed by atoms with van der Waals surface area (Å²) in [7, 11) is 1.12. The zero-order valence-electron chi connectivity index (χ0n) is 8.11. The molecule has 0 aromatic heterocycles. The molecule has 0 bridgehead atoms. The lowest BCUT2D eigenvalue weighted by Gasteiger charge is -2.04. The van der Waals surface area contributed by atoms with Crippen LogP contribution in [0.5, 0.6) is 0 Å². The highest BCUT2D eigenvalue weighted by atomic mass is 35.7. The van der Waals surface area contributed by atoms with E-state index in [4.69, 9.17) is 22.3 Å². The van der Waals surface area contributed by atoms with Crippen LogP contribution in [-0.4, -0.2) is 13.3 Å². The lowest BCUT2D eigenvalue weighted by atomic mass is 10.1. The van der Waals surface area contributed by atoms with E-state index in [-0.39, 0.29) is 9.92 Å². The molecule has 0 saturated heterocycles. The van der Waals surface area contributed by atoms with E-state index >= 15 is 0 Å². The number of nitro groups is 1. The molecule has 1 aromatic rings. The Morgan fingerprint density at radius 3 is 2.38 bits per heavy atom. The lowest BCUT2D eigenvalue weighted by Crippen LogP contribution is -1.98. The van der Waals surface area contributed by atoms with E-state index in [1.165, 1.54) is 6.07 Å². The summed E-state index contributed by atoms with van der Waals surface area (Å²) in [6.45, 7) is 1.70. The Morgan fingerprint density at radius 1 is 1.44 bits per heavy atom. The van der Waals surface area contributed by atoms with Gasteiger partial charge in [-0.25, -0.2) is 8.42 Å². The normalized spacial score (nSPS) is 11.4. The Bertz CT molecular complexity index is 541. The van der Waals surface area contributed by atoms with Crippen molar-refractivity contribution in [2.45, 2.75) is 18.2 Å². The summed E-state index contributed by atoms with van der Waals surface area (Å²) in [6, 6.07) is 2.08. The van der Waals surface area contributed by atoms with Gasteiger partial charge in [-0.1, -0.05) is 18.5 Å². The third kappa shape index (κ3) is 2.63. The smallest absolute Gasteiger partial charge is 0.258 e. The zero-order valence-corrected chi connectivity index (χ0v) is 10.4. The summed E-state index contributed by atoms with van der Waals surface area (Å²) in [6.07, 6.45) is 0.375. The van der Waals surface area contributed by atoms with Crippen LogP contribution in [0.4, 0.5) is 5.69 Å². The van der Waals surface area contributed by atoms with Crippen molar-refractivity contribution < 1.29 is 13.3 Å². The van der Waals surface area contributed by atoms with Gasteiger partial charge in [-0.05, 0) is 18.1 Å². The molecule has 0 saturated carbocycles. The SMILES string of the molecule is CCc1cc(S(=O)(=O)Cl)cc([N+](=O)[O-])c1Cl. The van der Waals surface area contributed by atoms with Crippen LogP contribution in [0.3, 0.4) is 0 Å².